The summed E-state index contributed by atoms with van der Waals surface area (Å²) in [4.78, 5) is 6.77. The maximum Gasteiger partial charge on any atom is 0.188 e. The van der Waals surface area contributed by atoms with Crippen molar-refractivity contribution in [2.75, 3.05) is 13.6 Å². The van der Waals surface area contributed by atoms with Crippen molar-refractivity contribution in [3.05, 3.63) is 35.4 Å². The van der Waals surface area contributed by atoms with Crippen LogP contribution in [0.4, 0.5) is 0 Å². The standard InChI is InChI=1S/C17H30N4/c1-5-6-11-19-17(18)20-12-15-9-7-8-10-16(15)13-21(4)14(2)3/h7-10,14H,5-6,11-13H2,1-4H3,(H3,18,19,20). The fourth-order valence-corrected chi connectivity index (χ4v) is 1.94. The summed E-state index contributed by atoms with van der Waals surface area (Å²) < 4.78 is 0. The number of aliphatic imine (C=N–C) groups is 1. The smallest absolute Gasteiger partial charge is 0.188 e. The van der Waals surface area contributed by atoms with E-state index in [0.29, 0.717) is 18.5 Å². The summed E-state index contributed by atoms with van der Waals surface area (Å²) in [5.41, 5.74) is 8.45. The van der Waals surface area contributed by atoms with E-state index in [1.54, 1.807) is 0 Å². The third kappa shape index (κ3) is 6.63. The number of nitrogens with two attached hydrogens (primary N) is 1. The quantitative estimate of drug-likeness (QED) is 0.440. The molecule has 1 aromatic carbocycles. The maximum atomic E-state index is 5.89. The molecule has 1 aromatic rings. The van der Waals surface area contributed by atoms with Crippen LogP contribution in [-0.4, -0.2) is 30.5 Å². The molecular weight excluding hydrogens is 260 g/mol. The van der Waals surface area contributed by atoms with Gasteiger partial charge in [-0.3, -0.25) is 4.90 Å². The minimum absolute atomic E-state index is 0.530. The van der Waals surface area contributed by atoms with Crippen molar-refractivity contribution in [2.45, 2.75) is 52.7 Å². The van der Waals surface area contributed by atoms with Crippen LogP contribution in [0.2, 0.25) is 0 Å². The lowest BCUT2D eigenvalue weighted by Crippen LogP contribution is -2.32. The molecule has 0 aliphatic heterocycles. The van der Waals surface area contributed by atoms with E-state index in [0.717, 1.165) is 25.9 Å². The topological polar surface area (TPSA) is 53.6 Å². The number of hydrogen-bond acceptors (Lipinski definition) is 2. The van der Waals surface area contributed by atoms with Crippen molar-refractivity contribution >= 4 is 5.96 Å². The van der Waals surface area contributed by atoms with E-state index in [-0.39, 0.29) is 0 Å². The molecule has 3 N–H and O–H groups in total. The molecule has 0 bridgehead atoms. The molecule has 0 unspecified atom stereocenters. The minimum Gasteiger partial charge on any atom is -0.370 e. The number of unbranched alkanes of at least 4 members (excludes halogenated alkanes) is 1. The van der Waals surface area contributed by atoms with Gasteiger partial charge in [0.1, 0.15) is 0 Å². The van der Waals surface area contributed by atoms with Crippen molar-refractivity contribution in [3.8, 4) is 0 Å². The molecule has 0 spiro atoms. The van der Waals surface area contributed by atoms with Gasteiger partial charge < -0.3 is 11.1 Å². The van der Waals surface area contributed by atoms with Crippen molar-refractivity contribution in [3.63, 3.8) is 0 Å². The summed E-state index contributed by atoms with van der Waals surface area (Å²) in [6, 6.07) is 8.98. The van der Waals surface area contributed by atoms with Crippen molar-refractivity contribution < 1.29 is 0 Å². The largest absolute Gasteiger partial charge is 0.370 e. The lowest BCUT2D eigenvalue weighted by atomic mass is 10.1. The number of guanidine groups is 1. The van der Waals surface area contributed by atoms with Gasteiger partial charge in [0, 0.05) is 19.1 Å². The Labute approximate surface area is 129 Å². The Morgan fingerprint density at radius 1 is 1.29 bits per heavy atom. The summed E-state index contributed by atoms with van der Waals surface area (Å²) in [5.74, 6) is 0.537. The zero-order valence-corrected chi connectivity index (χ0v) is 13.9. The van der Waals surface area contributed by atoms with Crippen molar-refractivity contribution in [2.24, 2.45) is 10.7 Å². The van der Waals surface area contributed by atoms with Gasteiger partial charge in [0.15, 0.2) is 5.96 Å². The zero-order chi connectivity index (χ0) is 15.7. The molecule has 0 aliphatic carbocycles. The lowest BCUT2D eigenvalue weighted by Gasteiger charge is -2.22. The normalized spacial score (nSPS) is 12.2. The highest BCUT2D eigenvalue weighted by Gasteiger charge is 2.07. The predicted octanol–water partition coefficient (Wildman–Crippen LogP) is 2.73. The Bertz CT molecular complexity index is 440. The molecule has 0 amide bonds. The summed E-state index contributed by atoms with van der Waals surface area (Å²) >= 11 is 0. The van der Waals surface area contributed by atoms with E-state index in [1.807, 2.05) is 0 Å². The van der Waals surface area contributed by atoms with Crippen molar-refractivity contribution in [1.82, 2.24) is 10.2 Å². The third-order valence-corrected chi connectivity index (χ3v) is 3.68. The van der Waals surface area contributed by atoms with Gasteiger partial charge in [0.05, 0.1) is 6.54 Å². The van der Waals surface area contributed by atoms with Crippen LogP contribution in [-0.2, 0) is 13.1 Å². The van der Waals surface area contributed by atoms with E-state index in [9.17, 15) is 0 Å². The molecule has 0 aliphatic rings. The highest BCUT2D eigenvalue weighted by molar-refractivity contribution is 5.77. The van der Waals surface area contributed by atoms with Crippen LogP contribution < -0.4 is 11.1 Å². The summed E-state index contributed by atoms with van der Waals surface area (Å²) in [7, 11) is 2.14. The fourth-order valence-electron chi connectivity index (χ4n) is 1.94. The van der Waals surface area contributed by atoms with E-state index < -0.39 is 0 Å². The van der Waals surface area contributed by atoms with E-state index in [2.05, 4.69) is 67.3 Å². The van der Waals surface area contributed by atoms with Crippen LogP contribution in [0.1, 0.15) is 44.7 Å². The first-order valence-corrected chi connectivity index (χ1v) is 7.85. The number of benzene rings is 1. The summed E-state index contributed by atoms with van der Waals surface area (Å²) in [5, 5.41) is 3.15. The first-order chi connectivity index (χ1) is 10.0. The van der Waals surface area contributed by atoms with Gasteiger partial charge in [-0.25, -0.2) is 4.99 Å². The first-order valence-electron chi connectivity index (χ1n) is 7.85. The Balaban J connectivity index is 2.64. The summed E-state index contributed by atoms with van der Waals surface area (Å²) in [6.07, 6.45) is 2.27. The van der Waals surface area contributed by atoms with Crippen LogP contribution in [0.3, 0.4) is 0 Å². The average molecular weight is 290 g/mol. The van der Waals surface area contributed by atoms with Gasteiger partial charge in [0.25, 0.3) is 0 Å². The second-order valence-electron chi connectivity index (χ2n) is 5.76. The van der Waals surface area contributed by atoms with Crippen LogP contribution in [0.5, 0.6) is 0 Å². The average Bonchev–Trinajstić information content (AvgIpc) is 2.46. The van der Waals surface area contributed by atoms with Crippen LogP contribution in [0, 0.1) is 0 Å². The van der Waals surface area contributed by atoms with Gasteiger partial charge >= 0.3 is 0 Å². The van der Waals surface area contributed by atoms with Crippen LogP contribution in [0.15, 0.2) is 29.3 Å². The molecule has 1 rings (SSSR count). The van der Waals surface area contributed by atoms with Crippen molar-refractivity contribution in [1.29, 1.82) is 0 Å². The van der Waals surface area contributed by atoms with E-state index in [1.165, 1.54) is 11.1 Å². The van der Waals surface area contributed by atoms with Gasteiger partial charge in [-0.1, -0.05) is 37.6 Å². The number of nitrogens with one attached hydrogen (secondary N) is 1. The van der Waals surface area contributed by atoms with Gasteiger partial charge in [0.2, 0.25) is 0 Å². The van der Waals surface area contributed by atoms with E-state index in [4.69, 9.17) is 5.73 Å². The van der Waals surface area contributed by atoms with Crippen LogP contribution in [0.25, 0.3) is 0 Å². The molecule has 4 heteroatoms. The minimum atomic E-state index is 0.530. The molecule has 0 aromatic heterocycles. The molecule has 0 radical (unpaired) electrons. The highest BCUT2D eigenvalue weighted by Crippen LogP contribution is 2.13. The highest BCUT2D eigenvalue weighted by atomic mass is 15.1. The number of hydrogen-bond donors (Lipinski definition) is 2. The van der Waals surface area contributed by atoms with Crippen LogP contribution >= 0.6 is 0 Å². The molecule has 118 valence electrons. The SMILES string of the molecule is CCCCNC(N)=NCc1ccccc1CN(C)C(C)C. The third-order valence-electron chi connectivity index (χ3n) is 3.68. The van der Waals surface area contributed by atoms with Gasteiger partial charge in [-0.05, 0) is 38.4 Å². The first kappa shape index (κ1) is 17.5. The molecule has 0 fully saturated rings. The molecule has 0 saturated carbocycles. The zero-order valence-electron chi connectivity index (χ0n) is 13.9. The van der Waals surface area contributed by atoms with Gasteiger partial charge in [-0.15, -0.1) is 0 Å². The molecule has 0 saturated heterocycles. The Kier molecular flexibility index (Phi) is 7.83. The number of rotatable bonds is 8. The fraction of sp³-hybridized carbons (Fsp3) is 0.588. The molecule has 21 heavy (non-hydrogen) atoms. The Morgan fingerprint density at radius 3 is 2.57 bits per heavy atom. The number of nitrogens with zero attached hydrogens (tertiary/aromatic N) is 2. The maximum absolute atomic E-state index is 5.89. The Morgan fingerprint density at radius 2 is 1.95 bits per heavy atom. The molecular formula is C17H30N4. The van der Waals surface area contributed by atoms with E-state index >= 15 is 0 Å². The lowest BCUT2D eigenvalue weighted by molar-refractivity contribution is 0.265. The second-order valence-corrected chi connectivity index (χ2v) is 5.76. The molecule has 0 heterocycles. The molecule has 4 nitrogen and oxygen atoms in total. The Hall–Kier alpha value is -1.55. The monoisotopic (exact) mass is 290 g/mol. The second kappa shape index (κ2) is 9.40. The molecule has 0 atom stereocenters. The predicted molar refractivity (Wildman–Crippen MR) is 91.3 cm³/mol. The summed E-state index contributed by atoms with van der Waals surface area (Å²) in [6.45, 7) is 9.03. The van der Waals surface area contributed by atoms with Gasteiger partial charge in [-0.2, -0.15) is 0 Å².